The number of hydrogen-bond acceptors (Lipinski definition) is 3. The van der Waals surface area contributed by atoms with Crippen LogP contribution in [0.5, 0.6) is 5.75 Å². The van der Waals surface area contributed by atoms with E-state index < -0.39 is 6.09 Å². The van der Waals surface area contributed by atoms with Crippen LogP contribution >= 0.6 is 0 Å². The summed E-state index contributed by atoms with van der Waals surface area (Å²) in [6.07, 6.45) is 8.10. The fourth-order valence-electron chi connectivity index (χ4n) is 3.41. The van der Waals surface area contributed by atoms with Gasteiger partial charge in [0, 0.05) is 0 Å². The summed E-state index contributed by atoms with van der Waals surface area (Å²) >= 11 is 0. The van der Waals surface area contributed by atoms with Gasteiger partial charge in [-0.1, -0.05) is 38.3 Å². The molecule has 1 aliphatic heterocycles. The Balaban J connectivity index is 1.73. The molecule has 0 atom stereocenters. The minimum Gasteiger partial charge on any atom is -0.491 e. The molecule has 1 aliphatic rings. The summed E-state index contributed by atoms with van der Waals surface area (Å²) in [4.78, 5) is 12.1. The van der Waals surface area contributed by atoms with Crippen LogP contribution in [0.1, 0.15) is 51.9 Å². The van der Waals surface area contributed by atoms with E-state index in [1.807, 2.05) is 24.3 Å². The van der Waals surface area contributed by atoms with Crippen molar-refractivity contribution in [2.24, 2.45) is 0 Å². The zero-order chi connectivity index (χ0) is 18.7. The summed E-state index contributed by atoms with van der Waals surface area (Å²) < 4.78 is 12.2. The second-order valence-electron chi connectivity index (χ2n) is 7.52. The highest BCUT2D eigenvalue weighted by atomic mass is 16.5. The molecule has 1 fully saturated rings. The van der Waals surface area contributed by atoms with E-state index in [4.69, 9.17) is 9.47 Å². The van der Waals surface area contributed by atoms with Gasteiger partial charge >= 0.3 is 6.09 Å². The zero-order valence-corrected chi connectivity index (χ0v) is 16.5. The number of nitrogens with one attached hydrogen (secondary N) is 1. The average Bonchev–Trinajstić information content (AvgIpc) is 2.63. The Hall–Kier alpha value is -1.75. The lowest BCUT2D eigenvalue weighted by Crippen LogP contribution is -2.49. The Morgan fingerprint density at radius 3 is 2.62 bits per heavy atom. The zero-order valence-electron chi connectivity index (χ0n) is 16.5. The second kappa shape index (κ2) is 11.1. The molecule has 1 aromatic carbocycles. The number of nitrogens with zero attached hydrogens (tertiary/aromatic N) is 1. The summed E-state index contributed by atoms with van der Waals surface area (Å²) in [5.41, 5.74) is 0.673. The molecule has 146 valence electrons. The molecule has 2 rings (SSSR count). The summed E-state index contributed by atoms with van der Waals surface area (Å²) in [7, 11) is 2.25. The number of hydrogen-bond donors (Lipinski definition) is 1. The third-order valence-corrected chi connectivity index (χ3v) is 5.14. The SMILES string of the molecule is CCCCCCOc1ccccc1NC(=O)OCC[N+]1(C)CCCCC1. The number of rotatable bonds is 10. The van der Waals surface area contributed by atoms with Crippen molar-refractivity contribution >= 4 is 11.8 Å². The Morgan fingerprint density at radius 1 is 1.08 bits per heavy atom. The van der Waals surface area contributed by atoms with Crippen LogP contribution < -0.4 is 10.1 Å². The van der Waals surface area contributed by atoms with Crippen molar-refractivity contribution in [1.82, 2.24) is 0 Å². The number of amides is 1. The number of unbranched alkanes of at least 4 members (excludes halogenated alkanes) is 3. The van der Waals surface area contributed by atoms with E-state index in [-0.39, 0.29) is 0 Å². The van der Waals surface area contributed by atoms with E-state index in [1.165, 1.54) is 51.6 Å². The third-order valence-electron chi connectivity index (χ3n) is 5.14. The molecular formula is C21H35N2O3+. The minimum atomic E-state index is -0.407. The largest absolute Gasteiger partial charge is 0.491 e. The quantitative estimate of drug-likeness (QED) is 0.479. The van der Waals surface area contributed by atoms with Crippen LogP contribution in [0.2, 0.25) is 0 Å². The van der Waals surface area contributed by atoms with Crippen molar-refractivity contribution in [2.45, 2.75) is 51.9 Å². The summed E-state index contributed by atoms with van der Waals surface area (Å²) in [5.74, 6) is 0.705. The molecule has 0 radical (unpaired) electrons. The first-order valence-electron chi connectivity index (χ1n) is 10.1. The monoisotopic (exact) mass is 363 g/mol. The molecule has 1 N–H and O–H groups in total. The second-order valence-corrected chi connectivity index (χ2v) is 7.52. The Morgan fingerprint density at radius 2 is 1.85 bits per heavy atom. The standard InChI is InChI=1S/C21H34N2O3/c1-3-4-5-11-17-25-20-13-8-7-12-19(20)22-21(24)26-18-16-23(2)14-9-6-10-15-23/h7-8,12-13H,3-6,9-11,14-18H2,1-2H3/p+1. The number of para-hydroxylation sites is 2. The normalized spacial score (nSPS) is 16.1. The van der Waals surface area contributed by atoms with Gasteiger partial charge in [-0.15, -0.1) is 0 Å². The smallest absolute Gasteiger partial charge is 0.411 e. The van der Waals surface area contributed by atoms with Gasteiger partial charge < -0.3 is 14.0 Å². The Bertz CT molecular complexity index is 542. The molecule has 0 unspecified atom stereocenters. The molecule has 1 saturated heterocycles. The minimum absolute atomic E-state index is 0.407. The van der Waals surface area contributed by atoms with Crippen molar-refractivity contribution in [3.63, 3.8) is 0 Å². The number of carbonyl (C=O) groups is 1. The summed E-state index contributed by atoms with van der Waals surface area (Å²) in [6, 6.07) is 7.54. The van der Waals surface area contributed by atoms with Gasteiger partial charge in [0.15, 0.2) is 0 Å². The van der Waals surface area contributed by atoms with Gasteiger partial charge in [0.25, 0.3) is 0 Å². The molecule has 26 heavy (non-hydrogen) atoms. The predicted molar refractivity (Wildman–Crippen MR) is 106 cm³/mol. The molecule has 1 aromatic rings. The van der Waals surface area contributed by atoms with Gasteiger partial charge in [-0.3, -0.25) is 5.32 Å². The lowest BCUT2D eigenvalue weighted by Gasteiger charge is -2.37. The van der Waals surface area contributed by atoms with Gasteiger partial charge in [-0.25, -0.2) is 4.79 Å². The van der Waals surface area contributed by atoms with Crippen molar-refractivity contribution in [3.05, 3.63) is 24.3 Å². The Kier molecular flexibility index (Phi) is 8.75. The maximum atomic E-state index is 12.1. The van der Waals surface area contributed by atoms with E-state index in [1.54, 1.807) is 0 Å². The summed E-state index contributed by atoms with van der Waals surface area (Å²) in [6.45, 7) is 6.55. The first kappa shape index (κ1) is 20.6. The number of quaternary nitrogens is 1. The van der Waals surface area contributed by atoms with Crippen LogP contribution in [0.3, 0.4) is 0 Å². The van der Waals surface area contributed by atoms with Crippen molar-refractivity contribution in [3.8, 4) is 5.75 Å². The predicted octanol–water partition coefficient (Wildman–Crippen LogP) is 4.82. The van der Waals surface area contributed by atoms with Gasteiger partial charge in [-0.2, -0.15) is 0 Å². The van der Waals surface area contributed by atoms with Crippen LogP contribution in [-0.2, 0) is 4.74 Å². The number of piperidine rings is 1. The van der Waals surface area contributed by atoms with Gasteiger partial charge in [-0.05, 0) is 37.8 Å². The van der Waals surface area contributed by atoms with E-state index in [0.717, 1.165) is 17.4 Å². The Labute approximate surface area is 158 Å². The number of carbonyl (C=O) groups excluding carboxylic acids is 1. The summed E-state index contributed by atoms with van der Waals surface area (Å²) in [5, 5.41) is 2.82. The molecule has 1 heterocycles. The number of benzene rings is 1. The van der Waals surface area contributed by atoms with Gasteiger partial charge in [0.1, 0.15) is 18.9 Å². The lowest BCUT2D eigenvalue weighted by molar-refractivity contribution is -0.914. The molecule has 0 saturated carbocycles. The van der Waals surface area contributed by atoms with Crippen molar-refractivity contribution < 1.29 is 18.8 Å². The number of likely N-dealkylation sites (tertiary alicyclic amines) is 1. The lowest BCUT2D eigenvalue weighted by atomic mass is 10.1. The maximum absolute atomic E-state index is 12.1. The molecule has 5 nitrogen and oxygen atoms in total. The number of likely N-dealkylation sites (N-methyl/N-ethyl adjacent to an activating group) is 1. The molecule has 0 bridgehead atoms. The molecule has 5 heteroatoms. The first-order valence-corrected chi connectivity index (χ1v) is 10.1. The van der Waals surface area contributed by atoms with E-state index in [9.17, 15) is 4.79 Å². The maximum Gasteiger partial charge on any atom is 0.411 e. The van der Waals surface area contributed by atoms with E-state index in [0.29, 0.717) is 24.7 Å². The van der Waals surface area contributed by atoms with Crippen LogP contribution in [0.4, 0.5) is 10.5 Å². The van der Waals surface area contributed by atoms with Crippen LogP contribution in [0, 0.1) is 0 Å². The molecule has 0 aromatic heterocycles. The number of anilines is 1. The van der Waals surface area contributed by atoms with E-state index in [2.05, 4.69) is 19.3 Å². The van der Waals surface area contributed by atoms with Crippen LogP contribution in [-0.4, -0.2) is 50.5 Å². The fraction of sp³-hybridized carbons (Fsp3) is 0.667. The highest BCUT2D eigenvalue weighted by Crippen LogP contribution is 2.24. The van der Waals surface area contributed by atoms with Crippen LogP contribution in [0.25, 0.3) is 0 Å². The van der Waals surface area contributed by atoms with Gasteiger partial charge in [0.05, 0.1) is 32.4 Å². The molecular weight excluding hydrogens is 328 g/mol. The first-order chi connectivity index (χ1) is 12.6. The van der Waals surface area contributed by atoms with E-state index >= 15 is 0 Å². The molecule has 0 aliphatic carbocycles. The molecule has 1 amide bonds. The average molecular weight is 364 g/mol. The van der Waals surface area contributed by atoms with Crippen molar-refractivity contribution in [1.29, 1.82) is 0 Å². The van der Waals surface area contributed by atoms with Crippen molar-refractivity contribution in [2.75, 3.05) is 45.2 Å². The highest BCUT2D eigenvalue weighted by molar-refractivity contribution is 5.86. The highest BCUT2D eigenvalue weighted by Gasteiger charge is 2.24. The topological polar surface area (TPSA) is 47.6 Å². The van der Waals surface area contributed by atoms with Crippen LogP contribution in [0.15, 0.2) is 24.3 Å². The third kappa shape index (κ3) is 7.24. The molecule has 0 spiro atoms. The van der Waals surface area contributed by atoms with Gasteiger partial charge in [0.2, 0.25) is 0 Å². The number of ether oxygens (including phenoxy) is 2. The fourth-order valence-corrected chi connectivity index (χ4v) is 3.41.